The zero-order valence-electron chi connectivity index (χ0n) is 14.9. The lowest BCUT2D eigenvalue weighted by atomic mass is 10.1. The summed E-state index contributed by atoms with van der Waals surface area (Å²) in [5.74, 6) is 3.04. The average molecular weight is 478 g/mol. The van der Waals surface area contributed by atoms with E-state index in [9.17, 15) is 8.42 Å². The molecule has 0 aliphatic rings. The molecule has 0 unspecified atom stereocenters. The standard InChI is InChI=1S/C17H26N4O2S.HI/c1-5-11-19-17(18-6-2)20-12-15-9-7-8-10-16(15)13-24(22,23)21-14(3)4;/h1,7-10,14,21H,6,11-13H2,2-4H3,(H2,18,19,20);1H. The van der Waals surface area contributed by atoms with Crippen LogP contribution in [0.15, 0.2) is 29.3 Å². The van der Waals surface area contributed by atoms with Gasteiger partial charge in [-0.3, -0.25) is 0 Å². The van der Waals surface area contributed by atoms with Crippen molar-refractivity contribution in [1.82, 2.24) is 15.4 Å². The number of nitrogens with one attached hydrogen (secondary N) is 3. The van der Waals surface area contributed by atoms with Crippen molar-refractivity contribution in [2.24, 2.45) is 4.99 Å². The van der Waals surface area contributed by atoms with Crippen molar-refractivity contribution >= 4 is 40.0 Å². The molecule has 0 spiro atoms. The first-order valence-corrected chi connectivity index (χ1v) is 9.55. The summed E-state index contributed by atoms with van der Waals surface area (Å²) < 4.78 is 26.9. The Bertz CT molecular complexity index is 697. The second-order valence-corrected chi connectivity index (χ2v) is 7.31. The van der Waals surface area contributed by atoms with Gasteiger partial charge >= 0.3 is 0 Å². The van der Waals surface area contributed by atoms with Crippen LogP contribution in [0.1, 0.15) is 31.9 Å². The maximum Gasteiger partial charge on any atom is 0.216 e. The molecule has 0 bridgehead atoms. The van der Waals surface area contributed by atoms with E-state index in [4.69, 9.17) is 6.42 Å². The van der Waals surface area contributed by atoms with Crippen LogP contribution in [-0.2, 0) is 22.3 Å². The van der Waals surface area contributed by atoms with Gasteiger partial charge in [-0.1, -0.05) is 30.2 Å². The number of hydrogen-bond donors (Lipinski definition) is 3. The number of guanidine groups is 1. The number of benzene rings is 1. The van der Waals surface area contributed by atoms with Crippen molar-refractivity contribution in [3.63, 3.8) is 0 Å². The molecule has 0 radical (unpaired) electrons. The molecule has 1 aromatic carbocycles. The van der Waals surface area contributed by atoms with Crippen molar-refractivity contribution in [3.05, 3.63) is 35.4 Å². The second-order valence-electron chi connectivity index (χ2n) is 5.55. The SMILES string of the molecule is C#CCNC(=NCc1ccccc1CS(=O)(=O)NC(C)C)NCC.I. The van der Waals surface area contributed by atoms with E-state index in [-0.39, 0.29) is 35.8 Å². The van der Waals surface area contributed by atoms with E-state index in [0.717, 1.165) is 11.1 Å². The minimum absolute atomic E-state index is 0. The molecule has 0 saturated carbocycles. The normalized spacial score (nSPS) is 11.6. The monoisotopic (exact) mass is 478 g/mol. The van der Waals surface area contributed by atoms with Gasteiger partial charge in [0.2, 0.25) is 10.0 Å². The number of rotatable bonds is 8. The highest BCUT2D eigenvalue weighted by molar-refractivity contribution is 14.0. The van der Waals surface area contributed by atoms with Gasteiger partial charge in [0.25, 0.3) is 0 Å². The minimum atomic E-state index is -3.38. The molecule has 0 atom stereocenters. The van der Waals surface area contributed by atoms with Crippen molar-refractivity contribution in [3.8, 4) is 12.3 Å². The fourth-order valence-electron chi connectivity index (χ4n) is 2.10. The topological polar surface area (TPSA) is 82.6 Å². The molecule has 25 heavy (non-hydrogen) atoms. The van der Waals surface area contributed by atoms with E-state index in [1.54, 1.807) is 13.8 Å². The van der Waals surface area contributed by atoms with E-state index in [0.29, 0.717) is 25.6 Å². The van der Waals surface area contributed by atoms with Gasteiger partial charge in [-0.05, 0) is 31.9 Å². The van der Waals surface area contributed by atoms with Gasteiger partial charge in [-0.15, -0.1) is 30.4 Å². The quantitative estimate of drug-likeness (QED) is 0.231. The molecule has 0 amide bonds. The average Bonchev–Trinajstić information content (AvgIpc) is 2.49. The molecule has 0 aliphatic heterocycles. The molecule has 3 N–H and O–H groups in total. The number of sulfonamides is 1. The second kappa shape index (κ2) is 12.1. The summed E-state index contributed by atoms with van der Waals surface area (Å²) in [5.41, 5.74) is 1.60. The van der Waals surface area contributed by atoms with E-state index in [1.165, 1.54) is 0 Å². The molecule has 8 heteroatoms. The highest BCUT2D eigenvalue weighted by Crippen LogP contribution is 2.13. The highest BCUT2D eigenvalue weighted by atomic mass is 127. The summed E-state index contributed by atoms with van der Waals surface area (Å²) in [5, 5.41) is 6.10. The van der Waals surface area contributed by atoms with Crippen LogP contribution in [0.5, 0.6) is 0 Å². The van der Waals surface area contributed by atoms with Gasteiger partial charge in [-0.2, -0.15) is 0 Å². The van der Waals surface area contributed by atoms with Crippen molar-refractivity contribution < 1.29 is 8.42 Å². The van der Waals surface area contributed by atoms with E-state index >= 15 is 0 Å². The summed E-state index contributed by atoms with van der Waals surface area (Å²) in [7, 11) is -3.38. The summed E-state index contributed by atoms with van der Waals surface area (Å²) in [6.45, 7) is 7.02. The molecule has 6 nitrogen and oxygen atoms in total. The van der Waals surface area contributed by atoms with Gasteiger partial charge in [0.15, 0.2) is 5.96 Å². The van der Waals surface area contributed by atoms with Crippen molar-refractivity contribution in [1.29, 1.82) is 0 Å². The number of aliphatic imine (C=N–C) groups is 1. The first kappa shape index (κ1) is 23.7. The van der Waals surface area contributed by atoms with E-state index in [1.807, 2.05) is 31.2 Å². The maximum absolute atomic E-state index is 12.2. The molecule has 0 heterocycles. The Labute approximate surface area is 168 Å². The lowest BCUT2D eigenvalue weighted by molar-refractivity contribution is 0.569. The van der Waals surface area contributed by atoms with Gasteiger partial charge in [0, 0.05) is 12.6 Å². The molecule has 140 valence electrons. The summed E-state index contributed by atoms with van der Waals surface area (Å²) in [4.78, 5) is 4.46. The smallest absolute Gasteiger partial charge is 0.216 e. The van der Waals surface area contributed by atoms with Crippen LogP contribution in [0.4, 0.5) is 0 Å². The number of hydrogen-bond acceptors (Lipinski definition) is 3. The third kappa shape index (κ3) is 9.67. The van der Waals surface area contributed by atoms with E-state index in [2.05, 4.69) is 26.3 Å². The van der Waals surface area contributed by atoms with Gasteiger partial charge in [0.05, 0.1) is 18.8 Å². The molecule has 0 fully saturated rings. The Kier molecular flexibility index (Phi) is 11.5. The zero-order chi connectivity index (χ0) is 18.0. The molecule has 0 aliphatic carbocycles. The summed E-state index contributed by atoms with van der Waals surface area (Å²) >= 11 is 0. The Morgan fingerprint density at radius 3 is 2.44 bits per heavy atom. The lowest BCUT2D eigenvalue weighted by Crippen LogP contribution is -2.37. The predicted molar refractivity (Wildman–Crippen MR) is 114 cm³/mol. The fraction of sp³-hybridized carbons (Fsp3) is 0.471. The fourth-order valence-corrected chi connectivity index (χ4v) is 3.59. The largest absolute Gasteiger partial charge is 0.357 e. The molecule has 0 saturated heterocycles. The van der Waals surface area contributed by atoms with Crippen molar-refractivity contribution in [2.45, 2.75) is 39.1 Å². The van der Waals surface area contributed by atoms with Gasteiger partial charge in [-0.25, -0.2) is 18.1 Å². The summed E-state index contributed by atoms with van der Waals surface area (Å²) in [6, 6.07) is 7.27. The lowest BCUT2D eigenvalue weighted by Gasteiger charge is -2.13. The van der Waals surface area contributed by atoms with Gasteiger partial charge in [0.1, 0.15) is 0 Å². The number of nitrogens with zero attached hydrogens (tertiary/aromatic N) is 1. The summed E-state index contributed by atoms with van der Waals surface area (Å²) in [6.07, 6.45) is 5.24. The molecule has 1 rings (SSSR count). The minimum Gasteiger partial charge on any atom is -0.357 e. The van der Waals surface area contributed by atoms with E-state index < -0.39 is 10.0 Å². The maximum atomic E-state index is 12.2. The Morgan fingerprint density at radius 1 is 1.24 bits per heavy atom. The Morgan fingerprint density at radius 2 is 1.88 bits per heavy atom. The van der Waals surface area contributed by atoms with Crippen LogP contribution in [0, 0.1) is 12.3 Å². The third-order valence-corrected chi connectivity index (χ3v) is 4.51. The number of terminal acetylenes is 1. The number of halogens is 1. The van der Waals surface area contributed by atoms with Crippen LogP contribution >= 0.6 is 24.0 Å². The van der Waals surface area contributed by atoms with Crippen LogP contribution < -0.4 is 15.4 Å². The highest BCUT2D eigenvalue weighted by Gasteiger charge is 2.15. The first-order valence-electron chi connectivity index (χ1n) is 7.90. The Balaban J connectivity index is 0.00000576. The molecular formula is C17H27IN4O2S. The van der Waals surface area contributed by atoms with Crippen LogP contribution in [0.25, 0.3) is 0 Å². The van der Waals surface area contributed by atoms with Crippen LogP contribution in [-0.4, -0.2) is 33.5 Å². The zero-order valence-corrected chi connectivity index (χ0v) is 18.0. The Hall–Kier alpha value is -1.31. The molecular weight excluding hydrogens is 451 g/mol. The molecule has 0 aromatic heterocycles. The third-order valence-electron chi connectivity index (χ3n) is 2.99. The van der Waals surface area contributed by atoms with Gasteiger partial charge < -0.3 is 10.6 Å². The van der Waals surface area contributed by atoms with Crippen molar-refractivity contribution in [2.75, 3.05) is 13.1 Å². The molecule has 1 aromatic rings. The predicted octanol–water partition coefficient (Wildman–Crippen LogP) is 1.82. The first-order chi connectivity index (χ1) is 11.4. The van der Waals surface area contributed by atoms with Crippen LogP contribution in [0.3, 0.4) is 0 Å². The van der Waals surface area contributed by atoms with Crippen LogP contribution in [0.2, 0.25) is 0 Å².